The molecule has 27 heavy (non-hydrogen) atoms. The molecule has 1 aromatic heterocycles. The number of anilines is 1. The van der Waals surface area contributed by atoms with Crippen LogP contribution in [0, 0.1) is 0 Å². The van der Waals surface area contributed by atoms with Crippen molar-refractivity contribution in [3.05, 3.63) is 84.3 Å². The number of para-hydroxylation sites is 1. The van der Waals surface area contributed by atoms with E-state index in [1.165, 1.54) is 0 Å². The normalized spacial score (nSPS) is 12.1. The van der Waals surface area contributed by atoms with Gasteiger partial charge in [-0.15, -0.1) is 0 Å². The standard InChI is InChI=1S/C20H18F2N2O2S/c21-20(22)27-17-11-5-4-9-15(17)24-18(25)13-23-19(16-10-6-12-26-16)14-7-2-1-3-8-14/h1-12,19-20,23H,13H2,(H,24,25)/t19-/m0/s1. The summed E-state index contributed by atoms with van der Waals surface area (Å²) >= 11 is 0.403. The number of thioether (sulfide) groups is 1. The van der Waals surface area contributed by atoms with Gasteiger partial charge in [0, 0.05) is 4.90 Å². The number of nitrogens with one attached hydrogen (secondary N) is 2. The summed E-state index contributed by atoms with van der Waals surface area (Å²) in [7, 11) is 0. The molecular weight excluding hydrogens is 370 g/mol. The zero-order valence-corrected chi connectivity index (χ0v) is 15.1. The van der Waals surface area contributed by atoms with Crippen molar-refractivity contribution in [1.82, 2.24) is 5.32 Å². The molecule has 0 fully saturated rings. The fourth-order valence-electron chi connectivity index (χ4n) is 2.64. The fourth-order valence-corrected chi connectivity index (χ4v) is 3.24. The first-order valence-corrected chi connectivity index (χ1v) is 9.17. The Balaban J connectivity index is 1.67. The largest absolute Gasteiger partial charge is 0.467 e. The van der Waals surface area contributed by atoms with Crippen molar-refractivity contribution in [2.45, 2.75) is 16.7 Å². The third-order valence-corrected chi connectivity index (χ3v) is 4.59. The Morgan fingerprint density at radius 1 is 1.00 bits per heavy atom. The molecule has 0 aliphatic heterocycles. The lowest BCUT2D eigenvalue weighted by atomic mass is 10.0. The first-order valence-electron chi connectivity index (χ1n) is 8.29. The molecule has 0 radical (unpaired) electrons. The van der Waals surface area contributed by atoms with E-state index in [0.29, 0.717) is 28.1 Å². The predicted octanol–water partition coefficient (Wildman–Crippen LogP) is 4.91. The Bertz CT molecular complexity index is 857. The maximum atomic E-state index is 12.7. The first-order chi connectivity index (χ1) is 13.1. The van der Waals surface area contributed by atoms with E-state index < -0.39 is 5.76 Å². The van der Waals surface area contributed by atoms with Gasteiger partial charge < -0.3 is 9.73 Å². The van der Waals surface area contributed by atoms with E-state index in [0.717, 1.165) is 5.56 Å². The lowest BCUT2D eigenvalue weighted by Crippen LogP contribution is -2.31. The Labute approximate surface area is 160 Å². The van der Waals surface area contributed by atoms with Crippen LogP contribution in [0.5, 0.6) is 0 Å². The minimum absolute atomic E-state index is 0.00601. The SMILES string of the molecule is O=C(CN[C@@H](c1ccccc1)c1ccco1)Nc1ccccc1SC(F)F. The number of carbonyl (C=O) groups is 1. The molecule has 0 saturated heterocycles. The van der Waals surface area contributed by atoms with Gasteiger partial charge in [0.15, 0.2) is 0 Å². The van der Waals surface area contributed by atoms with Crippen LogP contribution in [-0.4, -0.2) is 18.2 Å². The van der Waals surface area contributed by atoms with E-state index in [1.54, 1.807) is 36.6 Å². The molecular formula is C20H18F2N2O2S. The number of halogens is 2. The first kappa shape index (κ1) is 19.1. The molecule has 1 atom stereocenters. The molecule has 0 unspecified atom stereocenters. The van der Waals surface area contributed by atoms with Crippen LogP contribution in [0.15, 0.2) is 82.3 Å². The maximum absolute atomic E-state index is 12.7. The van der Waals surface area contributed by atoms with E-state index in [1.807, 2.05) is 36.4 Å². The average molecular weight is 388 g/mol. The van der Waals surface area contributed by atoms with Crippen molar-refractivity contribution in [2.24, 2.45) is 0 Å². The van der Waals surface area contributed by atoms with Crippen LogP contribution in [-0.2, 0) is 4.79 Å². The molecule has 0 spiro atoms. The summed E-state index contributed by atoms with van der Waals surface area (Å²) in [4.78, 5) is 12.7. The molecule has 4 nitrogen and oxygen atoms in total. The summed E-state index contributed by atoms with van der Waals surface area (Å²) in [6.45, 7) is -0.00601. The number of hydrogen-bond donors (Lipinski definition) is 2. The minimum atomic E-state index is -2.55. The zero-order valence-electron chi connectivity index (χ0n) is 14.3. The zero-order chi connectivity index (χ0) is 19.1. The third-order valence-electron chi connectivity index (χ3n) is 3.80. The Kier molecular flexibility index (Phi) is 6.62. The highest BCUT2D eigenvalue weighted by Crippen LogP contribution is 2.31. The number of amides is 1. The van der Waals surface area contributed by atoms with Gasteiger partial charge in [-0.25, -0.2) is 0 Å². The van der Waals surface area contributed by atoms with E-state index >= 15 is 0 Å². The quantitative estimate of drug-likeness (QED) is 0.538. The van der Waals surface area contributed by atoms with Gasteiger partial charge in [0.2, 0.25) is 5.91 Å². The number of furan rings is 1. The van der Waals surface area contributed by atoms with Crippen molar-refractivity contribution in [3.63, 3.8) is 0 Å². The minimum Gasteiger partial charge on any atom is -0.467 e. The number of hydrogen-bond acceptors (Lipinski definition) is 4. The van der Waals surface area contributed by atoms with E-state index in [9.17, 15) is 13.6 Å². The Hall–Kier alpha value is -2.64. The smallest absolute Gasteiger partial charge is 0.288 e. The van der Waals surface area contributed by atoms with Gasteiger partial charge in [0.05, 0.1) is 24.5 Å². The van der Waals surface area contributed by atoms with E-state index in [4.69, 9.17) is 4.42 Å². The lowest BCUT2D eigenvalue weighted by molar-refractivity contribution is -0.115. The Morgan fingerprint density at radius 3 is 2.44 bits per heavy atom. The van der Waals surface area contributed by atoms with Crippen LogP contribution in [0.4, 0.5) is 14.5 Å². The van der Waals surface area contributed by atoms with Crippen LogP contribution >= 0.6 is 11.8 Å². The second-order valence-corrected chi connectivity index (χ2v) is 6.69. The van der Waals surface area contributed by atoms with Gasteiger partial charge in [-0.2, -0.15) is 8.78 Å². The average Bonchev–Trinajstić information content (AvgIpc) is 3.18. The summed E-state index contributed by atoms with van der Waals surface area (Å²) in [6, 6.07) is 19.4. The molecule has 0 aliphatic rings. The molecule has 3 rings (SSSR count). The predicted molar refractivity (Wildman–Crippen MR) is 102 cm³/mol. The molecule has 2 N–H and O–H groups in total. The molecule has 1 amide bonds. The van der Waals surface area contributed by atoms with Crippen LogP contribution < -0.4 is 10.6 Å². The number of rotatable bonds is 8. The highest BCUT2D eigenvalue weighted by atomic mass is 32.2. The topological polar surface area (TPSA) is 54.3 Å². The molecule has 7 heteroatoms. The summed E-state index contributed by atoms with van der Waals surface area (Å²) in [5.74, 6) is -2.20. The molecule has 3 aromatic rings. The van der Waals surface area contributed by atoms with Crippen LogP contribution in [0.25, 0.3) is 0 Å². The van der Waals surface area contributed by atoms with Crippen LogP contribution in [0.2, 0.25) is 0 Å². The van der Waals surface area contributed by atoms with Crippen molar-refractivity contribution < 1.29 is 18.0 Å². The van der Waals surface area contributed by atoms with Crippen molar-refractivity contribution in [2.75, 3.05) is 11.9 Å². The van der Waals surface area contributed by atoms with Gasteiger partial charge in [0.1, 0.15) is 5.76 Å². The highest BCUT2D eigenvalue weighted by Gasteiger charge is 2.18. The monoisotopic (exact) mass is 388 g/mol. The fraction of sp³-hybridized carbons (Fsp3) is 0.150. The van der Waals surface area contributed by atoms with Crippen molar-refractivity contribution in [1.29, 1.82) is 0 Å². The molecule has 0 saturated carbocycles. The summed E-state index contributed by atoms with van der Waals surface area (Å²) < 4.78 is 30.8. The van der Waals surface area contributed by atoms with Crippen molar-refractivity contribution in [3.8, 4) is 0 Å². The second kappa shape index (κ2) is 9.34. The van der Waals surface area contributed by atoms with Gasteiger partial charge in [0.25, 0.3) is 5.76 Å². The number of alkyl halides is 2. The number of benzene rings is 2. The molecule has 0 bridgehead atoms. The molecule has 2 aromatic carbocycles. The van der Waals surface area contributed by atoms with Gasteiger partial charge in [-0.3, -0.25) is 10.1 Å². The van der Waals surface area contributed by atoms with Crippen LogP contribution in [0.1, 0.15) is 17.4 Å². The van der Waals surface area contributed by atoms with Crippen molar-refractivity contribution >= 4 is 23.4 Å². The summed E-state index contributed by atoms with van der Waals surface area (Å²) in [5.41, 5.74) is 1.32. The van der Waals surface area contributed by atoms with E-state index in [2.05, 4.69) is 10.6 Å². The Morgan fingerprint density at radius 2 is 1.74 bits per heavy atom. The van der Waals surface area contributed by atoms with Gasteiger partial charge in [-0.1, -0.05) is 54.2 Å². The van der Waals surface area contributed by atoms with Gasteiger partial charge >= 0.3 is 0 Å². The second-order valence-electron chi connectivity index (χ2n) is 5.66. The summed E-state index contributed by atoms with van der Waals surface area (Å²) in [5, 5.41) is 5.84. The van der Waals surface area contributed by atoms with Gasteiger partial charge in [-0.05, 0) is 29.8 Å². The lowest BCUT2D eigenvalue weighted by Gasteiger charge is -2.17. The van der Waals surface area contributed by atoms with Crippen LogP contribution in [0.3, 0.4) is 0 Å². The summed E-state index contributed by atoms with van der Waals surface area (Å²) in [6.07, 6.45) is 1.57. The highest BCUT2D eigenvalue weighted by molar-refractivity contribution is 7.99. The number of carbonyl (C=O) groups excluding carboxylic acids is 1. The maximum Gasteiger partial charge on any atom is 0.288 e. The van der Waals surface area contributed by atoms with E-state index in [-0.39, 0.29) is 18.5 Å². The molecule has 0 aliphatic carbocycles. The molecule has 1 heterocycles. The third kappa shape index (κ3) is 5.42. The molecule has 140 valence electrons.